The maximum absolute atomic E-state index is 5.82. The predicted octanol–water partition coefficient (Wildman–Crippen LogP) is 4.19. The molecule has 0 bridgehead atoms. The van der Waals surface area contributed by atoms with Gasteiger partial charge in [-0.3, -0.25) is 4.99 Å². The molecule has 0 unspecified atom stereocenters. The van der Waals surface area contributed by atoms with Crippen LogP contribution in [0.25, 0.3) is 0 Å². The van der Waals surface area contributed by atoms with Crippen molar-refractivity contribution >= 4 is 14.0 Å². The van der Waals surface area contributed by atoms with Gasteiger partial charge in [0.05, 0.1) is 6.61 Å². The fraction of sp³-hybridized carbons (Fsp3) is 0.923. The first-order chi connectivity index (χ1) is 7.20. The molecule has 96 valence electrons. The van der Waals surface area contributed by atoms with Gasteiger partial charge in [-0.2, -0.15) is 0 Å². The molecular weight excluding hydrogens is 214 g/mol. The van der Waals surface area contributed by atoms with Crippen LogP contribution in [-0.4, -0.2) is 26.6 Å². The first kappa shape index (κ1) is 15.7. The number of hydrogen-bond donors (Lipinski definition) is 0. The van der Waals surface area contributed by atoms with Crippen molar-refractivity contribution in [3.63, 3.8) is 0 Å². The lowest BCUT2D eigenvalue weighted by Gasteiger charge is -2.18. The molecule has 0 N–H and O–H groups in total. The lowest BCUT2D eigenvalue weighted by Crippen LogP contribution is -2.23. The highest BCUT2D eigenvalue weighted by Gasteiger charge is 2.13. The summed E-state index contributed by atoms with van der Waals surface area (Å²) >= 11 is 0. The molecule has 0 saturated carbocycles. The van der Waals surface area contributed by atoms with E-state index in [-0.39, 0.29) is 0 Å². The summed E-state index contributed by atoms with van der Waals surface area (Å²) in [6, 6.07) is 1.54. The van der Waals surface area contributed by atoms with Crippen LogP contribution < -0.4 is 0 Å². The number of nitrogens with zero attached hydrogens (tertiary/aromatic N) is 1. The third-order valence-electron chi connectivity index (χ3n) is 2.11. The molecule has 0 aliphatic rings. The van der Waals surface area contributed by atoms with E-state index in [4.69, 9.17) is 4.74 Å². The van der Waals surface area contributed by atoms with E-state index in [1.807, 2.05) is 0 Å². The van der Waals surface area contributed by atoms with Crippen LogP contribution in [-0.2, 0) is 4.74 Å². The first-order valence-electron chi connectivity index (χ1n) is 6.40. The molecule has 2 nitrogen and oxygen atoms in total. The Morgan fingerprint density at radius 2 is 1.69 bits per heavy atom. The smallest absolute Gasteiger partial charge is 0.183 e. The molecule has 0 spiro atoms. The van der Waals surface area contributed by atoms with Crippen molar-refractivity contribution in [2.24, 2.45) is 10.9 Å². The van der Waals surface area contributed by atoms with Crippen molar-refractivity contribution in [3.8, 4) is 0 Å². The Bertz CT molecular complexity index is 216. The molecule has 0 saturated heterocycles. The fourth-order valence-corrected chi connectivity index (χ4v) is 1.98. The topological polar surface area (TPSA) is 21.6 Å². The van der Waals surface area contributed by atoms with E-state index < -0.39 is 8.07 Å². The van der Waals surface area contributed by atoms with Gasteiger partial charge >= 0.3 is 0 Å². The molecule has 0 fully saturated rings. The fourth-order valence-electron chi connectivity index (χ4n) is 1.26. The highest BCUT2D eigenvalue weighted by molar-refractivity contribution is 6.76. The van der Waals surface area contributed by atoms with Gasteiger partial charge < -0.3 is 4.74 Å². The van der Waals surface area contributed by atoms with Gasteiger partial charge in [0.15, 0.2) is 5.90 Å². The van der Waals surface area contributed by atoms with E-state index in [0.717, 1.165) is 18.9 Å². The molecule has 0 aromatic carbocycles. The predicted molar refractivity (Wildman–Crippen MR) is 76.1 cm³/mol. The Morgan fingerprint density at radius 3 is 2.06 bits per heavy atom. The van der Waals surface area contributed by atoms with Crippen LogP contribution in [0.15, 0.2) is 4.99 Å². The average Bonchev–Trinajstić information content (AvgIpc) is 1.98. The third kappa shape index (κ3) is 10.2. The molecule has 0 heterocycles. The molecule has 16 heavy (non-hydrogen) atoms. The number of aliphatic imine (C=N–C) groups is 1. The van der Waals surface area contributed by atoms with E-state index in [9.17, 15) is 0 Å². The zero-order valence-corrected chi connectivity index (χ0v) is 13.1. The lowest BCUT2D eigenvalue weighted by molar-refractivity contribution is 0.306. The summed E-state index contributed by atoms with van der Waals surface area (Å²) < 4.78 is 5.82. The van der Waals surface area contributed by atoms with Crippen molar-refractivity contribution in [2.75, 3.05) is 6.61 Å². The van der Waals surface area contributed by atoms with E-state index in [2.05, 4.69) is 52.3 Å². The maximum Gasteiger partial charge on any atom is 0.183 e. The average molecular weight is 243 g/mol. The molecule has 0 rings (SSSR count). The van der Waals surface area contributed by atoms with Gasteiger partial charge in [-0.1, -0.05) is 33.5 Å². The molecule has 0 atom stereocenters. The second kappa shape index (κ2) is 7.10. The Hall–Kier alpha value is -0.313. The maximum atomic E-state index is 5.82. The molecule has 0 aromatic rings. The number of ether oxygens (including phenoxy) is 1. The molecule has 0 radical (unpaired) electrons. The summed E-state index contributed by atoms with van der Waals surface area (Å²) in [7, 11) is -0.984. The van der Waals surface area contributed by atoms with Crippen LogP contribution in [0.1, 0.15) is 34.1 Å². The van der Waals surface area contributed by atoms with E-state index in [0.29, 0.717) is 12.0 Å². The van der Waals surface area contributed by atoms with Crippen molar-refractivity contribution in [1.82, 2.24) is 0 Å². The SMILES string of the molecule is CC(C)CC(=NC(C)C)OCC[Si](C)(C)C. The third-order valence-corrected chi connectivity index (χ3v) is 3.81. The highest BCUT2D eigenvalue weighted by Crippen LogP contribution is 2.10. The van der Waals surface area contributed by atoms with Gasteiger partial charge in [0.1, 0.15) is 0 Å². The number of hydrogen-bond acceptors (Lipinski definition) is 2. The quantitative estimate of drug-likeness (QED) is 0.389. The molecule has 0 aromatic heterocycles. The van der Waals surface area contributed by atoms with E-state index in [1.165, 1.54) is 6.04 Å². The van der Waals surface area contributed by atoms with Crippen LogP contribution in [0.3, 0.4) is 0 Å². The Balaban J connectivity index is 4.13. The normalized spacial score (nSPS) is 13.7. The second-order valence-electron chi connectivity index (χ2n) is 6.37. The van der Waals surface area contributed by atoms with Crippen LogP contribution in [0, 0.1) is 5.92 Å². The van der Waals surface area contributed by atoms with Gasteiger partial charge in [-0.15, -0.1) is 0 Å². The molecular formula is C13H29NOSi. The Kier molecular flexibility index (Phi) is 6.96. The van der Waals surface area contributed by atoms with Crippen LogP contribution >= 0.6 is 0 Å². The molecule has 0 aliphatic heterocycles. The summed E-state index contributed by atoms with van der Waals surface area (Å²) in [6.45, 7) is 16.6. The van der Waals surface area contributed by atoms with Crippen molar-refractivity contribution in [1.29, 1.82) is 0 Å². The van der Waals surface area contributed by atoms with Crippen molar-refractivity contribution in [2.45, 2.75) is 65.8 Å². The van der Waals surface area contributed by atoms with Crippen molar-refractivity contribution < 1.29 is 4.74 Å². The van der Waals surface area contributed by atoms with E-state index >= 15 is 0 Å². The first-order valence-corrected chi connectivity index (χ1v) is 10.1. The minimum Gasteiger partial charge on any atom is -0.481 e. The van der Waals surface area contributed by atoms with Gasteiger partial charge in [0.2, 0.25) is 0 Å². The van der Waals surface area contributed by atoms with Crippen molar-refractivity contribution in [3.05, 3.63) is 0 Å². The minimum atomic E-state index is -0.984. The summed E-state index contributed by atoms with van der Waals surface area (Å²) in [5.74, 6) is 1.56. The van der Waals surface area contributed by atoms with E-state index in [1.54, 1.807) is 0 Å². The minimum absolute atomic E-state index is 0.334. The highest BCUT2D eigenvalue weighted by atomic mass is 28.3. The Labute approximate surface area is 103 Å². The molecule has 3 heteroatoms. The zero-order chi connectivity index (χ0) is 12.8. The van der Waals surface area contributed by atoms with Gasteiger partial charge in [-0.05, 0) is 25.8 Å². The molecule has 0 aliphatic carbocycles. The van der Waals surface area contributed by atoms with Crippen LogP contribution in [0.5, 0.6) is 0 Å². The van der Waals surface area contributed by atoms with Crippen LogP contribution in [0.2, 0.25) is 25.7 Å². The summed E-state index contributed by atoms with van der Waals surface area (Å²) in [4.78, 5) is 4.55. The Morgan fingerprint density at radius 1 is 1.12 bits per heavy atom. The second-order valence-corrected chi connectivity index (χ2v) is 12.0. The van der Waals surface area contributed by atoms with Gasteiger partial charge in [-0.25, -0.2) is 0 Å². The zero-order valence-electron chi connectivity index (χ0n) is 12.1. The lowest BCUT2D eigenvalue weighted by atomic mass is 10.1. The molecule has 0 amide bonds. The van der Waals surface area contributed by atoms with Crippen LogP contribution in [0.4, 0.5) is 0 Å². The summed E-state index contributed by atoms with van der Waals surface area (Å²) in [5.41, 5.74) is 0. The summed E-state index contributed by atoms with van der Waals surface area (Å²) in [5, 5.41) is 0. The largest absolute Gasteiger partial charge is 0.481 e. The number of rotatable bonds is 6. The summed E-state index contributed by atoms with van der Waals surface area (Å²) in [6.07, 6.45) is 0.962. The standard InChI is InChI=1S/C13H29NOSi/c1-11(2)10-13(14-12(3)4)15-8-9-16(5,6)7/h11-12H,8-10H2,1-7H3. The monoisotopic (exact) mass is 243 g/mol. The van der Waals surface area contributed by atoms with Gasteiger partial charge in [0.25, 0.3) is 0 Å². The van der Waals surface area contributed by atoms with Gasteiger partial charge in [0, 0.05) is 20.5 Å².